The fourth-order valence-corrected chi connectivity index (χ4v) is 0.303. The third-order valence-electron chi connectivity index (χ3n) is 0.659. The van der Waals surface area contributed by atoms with Crippen molar-refractivity contribution >= 4 is 0 Å². The van der Waals surface area contributed by atoms with Crippen molar-refractivity contribution in [2.24, 2.45) is 0 Å². The van der Waals surface area contributed by atoms with Crippen LogP contribution in [0.25, 0.3) is 0 Å². The van der Waals surface area contributed by atoms with Crippen LogP contribution in [0.2, 0.25) is 0 Å². The van der Waals surface area contributed by atoms with Crippen LogP contribution in [0, 0.1) is 0 Å². The van der Waals surface area contributed by atoms with Crippen molar-refractivity contribution in [3.05, 3.63) is 0 Å². The first kappa shape index (κ1) is 7.88. The Hall–Kier alpha value is -0.120. The van der Waals surface area contributed by atoms with Crippen LogP contribution in [0.5, 0.6) is 0 Å². The van der Waals surface area contributed by atoms with Crippen molar-refractivity contribution in [2.75, 3.05) is 33.5 Å². The van der Waals surface area contributed by atoms with E-state index in [9.17, 15) is 5.11 Å². The lowest BCUT2D eigenvalue weighted by Crippen LogP contribution is -2.14. The fourth-order valence-electron chi connectivity index (χ4n) is 0.303. The number of ether oxygens (including phenoxy) is 2. The van der Waals surface area contributed by atoms with Gasteiger partial charge >= 0.3 is 0 Å². The van der Waals surface area contributed by atoms with Gasteiger partial charge in [-0.15, -0.1) is 6.61 Å². The molecule has 0 amide bonds. The quantitative estimate of drug-likeness (QED) is 0.436. The van der Waals surface area contributed by atoms with E-state index in [-0.39, 0.29) is 6.61 Å². The van der Waals surface area contributed by atoms with Crippen molar-refractivity contribution < 1.29 is 14.6 Å². The molecule has 8 heavy (non-hydrogen) atoms. The SMILES string of the molecule is COCCOCC[O-]. The molecule has 0 radical (unpaired) electrons. The first-order valence-corrected chi connectivity index (χ1v) is 2.56. The third-order valence-corrected chi connectivity index (χ3v) is 0.659. The van der Waals surface area contributed by atoms with Crippen LogP contribution in [-0.2, 0) is 9.47 Å². The van der Waals surface area contributed by atoms with Gasteiger partial charge in [0.25, 0.3) is 0 Å². The second kappa shape index (κ2) is 6.88. The summed E-state index contributed by atoms with van der Waals surface area (Å²) in [6.07, 6.45) is 0. The van der Waals surface area contributed by atoms with Gasteiger partial charge in [0.1, 0.15) is 0 Å². The Kier molecular flexibility index (Phi) is 6.78. The maximum Gasteiger partial charge on any atom is 0.0699 e. The van der Waals surface area contributed by atoms with E-state index in [0.29, 0.717) is 19.8 Å². The molecule has 0 rings (SSSR count). The Morgan fingerprint density at radius 2 is 2.00 bits per heavy atom. The minimum absolute atomic E-state index is 0.163. The summed E-state index contributed by atoms with van der Waals surface area (Å²) in [5.41, 5.74) is 0. The second-order valence-electron chi connectivity index (χ2n) is 1.31. The molecule has 0 aromatic carbocycles. The lowest BCUT2D eigenvalue weighted by molar-refractivity contribution is -0.374. The molecule has 0 aliphatic heterocycles. The zero-order valence-corrected chi connectivity index (χ0v) is 5.05. The van der Waals surface area contributed by atoms with Crippen LogP contribution in [0.4, 0.5) is 0 Å². The highest BCUT2D eigenvalue weighted by Gasteiger charge is 1.79. The molecule has 3 heteroatoms. The predicted molar refractivity (Wildman–Crippen MR) is 27.6 cm³/mol. The van der Waals surface area contributed by atoms with Crippen LogP contribution in [0.15, 0.2) is 0 Å². The monoisotopic (exact) mass is 119 g/mol. The van der Waals surface area contributed by atoms with Crippen LogP contribution in [0.3, 0.4) is 0 Å². The molecule has 0 aliphatic rings. The van der Waals surface area contributed by atoms with E-state index < -0.39 is 0 Å². The second-order valence-corrected chi connectivity index (χ2v) is 1.31. The van der Waals surface area contributed by atoms with Crippen LogP contribution < -0.4 is 5.11 Å². The molecule has 0 aliphatic carbocycles. The van der Waals surface area contributed by atoms with Gasteiger partial charge in [-0.3, -0.25) is 0 Å². The third kappa shape index (κ3) is 5.88. The molecular weight excluding hydrogens is 108 g/mol. The molecule has 0 atom stereocenters. The first-order valence-electron chi connectivity index (χ1n) is 2.56. The molecule has 0 bridgehead atoms. The smallest absolute Gasteiger partial charge is 0.0699 e. The summed E-state index contributed by atoms with van der Waals surface area (Å²) in [4.78, 5) is 0. The van der Waals surface area contributed by atoms with Crippen molar-refractivity contribution in [2.45, 2.75) is 0 Å². The highest BCUT2D eigenvalue weighted by molar-refractivity contribution is 4.25. The summed E-state index contributed by atoms with van der Waals surface area (Å²) in [6.45, 7) is 1.23. The molecule has 0 saturated heterocycles. The van der Waals surface area contributed by atoms with Gasteiger partial charge in [-0.05, 0) is 0 Å². The standard InChI is InChI=1S/C5H11O3/c1-7-4-5-8-3-2-6/h2-5H2,1H3/q-1. The molecule has 0 heterocycles. The molecule has 0 aromatic heterocycles. The molecule has 0 aromatic rings. The van der Waals surface area contributed by atoms with E-state index in [4.69, 9.17) is 4.74 Å². The Morgan fingerprint density at radius 1 is 1.25 bits per heavy atom. The van der Waals surface area contributed by atoms with Crippen LogP contribution in [0.1, 0.15) is 0 Å². The number of methoxy groups -OCH3 is 1. The van der Waals surface area contributed by atoms with E-state index in [0.717, 1.165) is 0 Å². The number of rotatable bonds is 5. The average molecular weight is 119 g/mol. The predicted octanol–water partition coefficient (Wildman–Crippen LogP) is -0.990. The fraction of sp³-hybridized carbons (Fsp3) is 1.00. The Balaban J connectivity index is 2.53. The molecule has 0 unspecified atom stereocenters. The van der Waals surface area contributed by atoms with Crippen LogP contribution >= 0.6 is 0 Å². The molecule has 0 N–H and O–H groups in total. The summed E-state index contributed by atoms with van der Waals surface area (Å²) < 4.78 is 9.45. The van der Waals surface area contributed by atoms with E-state index >= 15 is 0 Å². The molecule has 3 nitrogen and oxygen atoms in total. The van der Waals surface area contributed by atoms with E-state index in [1.807, 2.05) is 0 Å². The zero-order valence-electron chi connectivity index (χ0n) is 5.05. The Bertz CT molecular complexity index is 32.7. The summed E-state index contributed by atoms with van der Waals surface area (Å²) >= 11 is 0. The minimum atomic E-state index is -0.163. The summed E-state index contributed by atoms with van der Waals surface area (Å²) in [5.74, 6) is 0. The van der Waals surface area contributed by atoms with Gasteiger partial charge < -0.3 is 14.6 Å². The highest BCUT2D eigenvalue weighted by Crippen LogP contribution is 1.71. The van der Waals surface area contributed by atoms with Gasteiger partial charge in [0, 0.05) is 13.7 Å². The maximum atomic E-state index is 9.73. The van der Waals surface area contributed by atoms with Crippen molar-refractivity contribution in [1.29, 1.82) is 0 Å². The van der Waals surface area contributed by atoms with Gasteiger partial charge in [-0.25, -0.2) is 0 Å². The van der Waals surface area contributed by atoms with E-state index in [1.165, 1.54) is 0 Å². The van der Waals surface area contributed by atoms with E-state index in [1.54, 1.807) is 7.11 Å². The van der Waals surface area contributed by atoms with Crippen molar-refractivity contribution in [3.8, 4) is 0 Å². The maximum absolute atomic E-state index is 9.73. The number of hydrogen-bond donors (Lipinski definition) is 0. The van der Waals surface area contributed by atoms with Gasteiger partial charge in [0.05, 0.1) is 13.2 Å². The highest BCUT2D eigenvalue weighted by atomic mass is 16.5. The van der Waals surface area contributed by atoms with E-state index in [2.05, 4.69) is 4.74 Å². The summed E-state index contributed by atoms with van der Waals surface area (Å²) in [5, 5.41) is 9.73. The summed E-state index contributed by atoms with van der Waals surface area (Å²) in [6, 6.07) is 0. The lowest BCUT2D eigenvalue weighted by atomic mass is 10.7. The van der Waals surface area contributed by atoms with Crippen LogP contribution in [-0.4, -0.2) is 33.5 Å². The largest absolute Gasteiger partial charge is 0.853 e. The molecule has 0 saturated carbocycles. The van der Waals surface area contributed by atoms with Gasteiger partial charge in [-0.2, -0.15) is 0 Å². The van der Waals surface area contributed by atoms with Crippen molar-refractivity contribution in [3.63, 3.8) is 0 Å². The van der Waals surface area contributed by atoms with Gasteiger partial charge in [0.15, 0.2) is 0 Å². The average Bonchev–Trinajstić information content (AvgIpc) is 1.81. The van der Waals surface area contributed by atoms with Crippen molar-refractivity contribution in [1.82, 2.24) is 0 Å². The molecule has 50 valence electrons. The first-order chi connectivity index (χ1) is 3.91. The Labute approximate surface area is 49.2 Å². The Morgan fingerprint density at radius 3 is 2.50 bits per heavy atom. The summed E-state index contributed by atoms with van der Waals surface area (Å²) in [7, 11) is 1.60. The van der Waals surface area contributed by atoms with Gasteiger partial charge in [-0.1, -0.05) is 0 Å². The van der Waals surface area contributed by atoms with Gasteiger partial charge in [0.2, 0.25) is 0 Å². The normalized spacial score (nSPS) is 9.75. The molecule has 0 fully saturated rings. The topological polar surface area (TPSA) is 41.5 Å². The molecule has 0 spiro atoms. The molecular formula is C5H11O3-. The number of hydrogen-bond acceptors (Lipinski definition) is 3. The zero-order chi connectivity index (χ0) is 6.24. The lowest BCUT2D eigenvalue weighted by Gasteiger charge is -2.03. The minimum Gasteiger partial charge on any atom is -0.853 e.